The van der Waals surface area contributed by atoms with E-state index in [-0.39, 0.29) is 17.3 Å². The maximum atomic E-state index is 14.1. The van der Waals surface area contributed by atoms with E-state index < -0.39 is 22.2 Å². The quantitative estimate of drug-likeness (QED) is 0.147. The highest BCUT2D eigenvalue weighted by Gasteiger charge is 2.72. The van der Waals surface area contributed by atoms with Crippen molar-refractivity contribution in [1.82, 2.24) is 0 Å². The van der Waals surface area contributed by atoms with Crippen LogP contribution in [0.1, 0.15) is 37.8 Å². The zero-order valence-electron chi connectivity index (χ0n) is 19.2. The van der Waals surface area contributed by atoms with Crippen molar-refractivity contribution < 1.29 is 14.5 Å². The van der Waals surface area contributed by atoms with Crippen LogP contribution in [0.25, 0.3) is 0 Å². The SMILES string of the molecule is O=C(c1ccccc1)[C@@H]1[C@@H](c2ccccc2)[C@]1(C#Cc1ccc([N+](=O)[O-])cc1)C(=O)c1ccccc1. The Morgan fingerprint density at radius 2 is 1.25 bits per heavy atom. The third-order valence-electron chi connectivity index (χ3n) is 6.61. The van der Waals surface area contributed by atoms with Crippen molar-refractivity contribution in [3.8, 4) is 11.8 Å². The van der Waals surface area contributed by atoms with Gasteiger partial charge in [-0.3, -0.25) is 19.7 Å². The third-order valence-corrected chi connectivity index (χ3v) is 6.61. The van der Waals surface area contributed by atoms with Crippen molar-refractivity contribution in [2.45, 2.75) is 5.92 Å². The Morgan fingerprint density at radius 1 is 0.722 bits per heavy atom. The minimum Gasteiger partial charge on any atom is -0.294 e. The van der Waals surface area contributed by atoms with Crippen LogP contribution in [0.3, 0.4) is 0 Å². The van der Waals surface area contributed by atoms with Crippen LogP contribution in [0, 0.1) is 33.3 Å². The van der Waals surface area contributed by atoms with E-state index in [1.165, 1.54) is 12.1 Å². The van der Waals surface area contributed by atoms with Crippen molar-refractivity contribution >= 4 is 17.3 Å². The number of nitrogens with zero attached hydrogens (tertiary/aromatic N) is 1. The summed E-state index contributed by atoms with van der Waals surface area (Å²) in [5.41, 5.74) is 1.11. The molecule has 0 radical (unpaired) electrons. The van der Waals surface area contributed by atoms with Gasteiger partial charge in [0.15, 0.2) is 11.6 Å². The first-order chi connectivity index (χ1) is 17.5. The van der Waals surface area contributed by atoms with E-state index in [4.69, 9.17) is 0 Å². The van der Waals surface area contributed by atoms with Crippen LogP contribution < -0.4 is 0 Å². The molecule has 174 valence electrons. The summed E-state index contributed by atoms with van der Waals surface area (Å²) in [5, 5.41) is 11.0. The number of nitro groups is 1. The Hall–Kier alpha value is -4.82. The fourth-order valence-electron chi connectivity index (χ4n) is 4.81. The predicted octanol–water partition coefficient (Wildman–Crippen LogP) is 6.11. The molecule has 0 saturated heterocycles. The number of benzene rings is 4. The summed E-state index contributed by atoms with van der Waals surface area (Å²) in [6.45, 7) is 0. The van der Waals surface area contributed by atoms with Crippen LogP contribution in [-0.2, 0) is 0 Å². The summed E-state index contributed by atoms with van der Waals surface area (Å²) in [7, 11) is 0. The number of ketones is 2. The fourth-order valence-corrected chi connectivity index (χ4v) is 4.81. The second kappa shape index (κ2) is 9.44. The third kappa shape index (κ3) is 4.10. The van der Waals surface area contributed by atoms with Crippen molar-refractivity contribution in [3.63, 3.8) is 0 Å². The summed E-state index contributed by atoms with van der Waals surface area (Å²) in [6, 6.07) is 33.2. The smallest absolute Gasteiger partial charge is 0.269 e. The maximum Gasteiger partial charge on any atom is 0.269 e. The van der Waals surface area contributed by atoms with Gasteiger partial charge in [0.2, 0.25) is 0 Å². The van der Waals surface area contributed by atoms with Crippen molar-refractivity contribution in [3.05, 3.63) is 148 Å². The lowest BCUT2D eigenvalue weighted by molar-refractivity contribution is -0.384. The van der Waals surface area contributed by atoms with Gasteiger partial charge in [-0.2, -0.15) is 0 Å². The Bertz CT molecular complexity index is 1490. The van der Waals surface area contributed by atoms with Crippen molar-refractivity contribution in [2.24, 2.45) is 11.3 Å². The Kier molecular flexibility index (Phi) is 6.02. The summed E-state index contributed by atoms with van der Waals surface area (Å²) >= 11 is 0. The lowest BCUT2D eigenvalue weighted by atomic mass is 9.88. The summed E-state index contributed by atoms with van der Waals surface area (Å²) in [4.78, 5) is 38.4. The fraction of sp³-hybridized carbons (Fsp3) is 0.0968. The molecule has 5 rings (SSSR count). The normalized spacial score (nSPS) is 20.0. The molecule has 0 unspecified atom stereocenters. The Labute approximate surface area is 208 Å². The van der Waals surface area contributed by atoms with Gasteiger partial charge < -0.3 is 0 Å². The topological polar surface area (TPSA) is 77.3 Å². The minimum atomic E-state index is -1.27. The molecule has 5 nitrogen and oxygen atoms in total. The van der Waals surface area contributed by atoms with Crippen molar-refractivity contribution in [2.75, 3.05) is 0 Å². The second-order valence-electron chi connectivity index (χ2n) is 8.71. The zero-order valence-corrected chi connectivity index (χ0v) is 19.2. The first kappa shape index (κ1) is 22.9. The molecule has 5 heteroatoms. The zero-order chi connectivity index (χ0) is 25.1. The van der Waals surface area contributed by atoms with Crippen LogP contribution in [0.15, 0.2) is 115 Å². The van der Waals surface area contributed by atoms with Gasteiger partial charge in [0.25, 0.3) is 5.69 Å². The molecule has 3 atom stereocenters. The molecular weight excluding hydrogens is 450 g/mol. The number of non-ortho nitro benzene ring substituents is 1. The number of carbonyl (C=O) groups is 2. The number of Topliss-reactive ketones (excluding diaryl/α,β-unsaturated/α-hetero) is 2. The Balaban J connectivity index is 1.66. The number of nitro benzene ring substituents is 1. The minimum absolute atomic E-state index is 0.0404. The van der Waals surface area contributed by atoms with Crippen LogP contribution in [0.5, 0.6) is 0 Å². The molecule has 0 bridgehead atoms. The van der Waals surface area contributed by atoms with Crippen LogP contribution in [0.2, 0.25) is 0 Å². The first-order valence-electron chi connectivity index (χ1n) is 11.5. The van der Waals surface area contributed by atoms with Gasteiger partial charge in [0, 0.05) is 34.7 Å². The number of carbonyl (C=O) groups excluding carboxylic acids is 2. The second-order valence-corrected chi connectivity index (χ2v) is 8.71. The molecule has 0 spiro atoms. The van der Waals surface area contributed by atoms with E-state index >= 15 is 0 Å². The maximum absolute atomic E-state index is 14.1. The number of hydrogen-bond acceptors (Lipinski definition) is 4. The van der Waals surface area contributed by atoms with E-state index in [1.807, 2.05) is 42.5 Å². The molecule has 0 amide bonds. The molecule has 0 aliphatic heterocycles. The van der Waals surface area contributed by atoms with E-state index in [0.29, 0.717) is 16.7 Å². The molecule has 1 saturated carbocycles. The molecular formula is C31H21NO4. The number of hydrogen-bond donors (Lipinski definition) is 0. The molecule has 36 heavy (non-hydrogen) atoms. The summed E-state index contributed by atoms with van der Waals surface area (Å²) in [6.07, 6.45) is 0. The molecule has 4 aromatic carbocycles. The monoisotopic (exact) mass is 471 g/mol. The molecule has 0 heterocycles. The van der Waals surface area contributed by atoms with Crippen molar-refractivity contribution in [1.29, 1.82) is 0 Å². The molecule has 1 fully saturated rings. The lowest BCUT2D eigenvalue weighted by Crippen LogP contribution is -2.21. The molecule has 1 aliphatic carbocycles. The van der Waals surface area contributed by atoms with Gasteiger partial charge in [0.1, 0.15) is 5.41 Å². The van der Waals surface area contributed by atoms with Gasteiger partial charge in [-0.25, -0.2) is 0 Å². The largest absolute Gasteiger partial charge is 0.294 e. The van der Waals surface area contributed by atoms with Gasteiger partial charge in [-0.05, 0) is 17.7 Å². The predicted molar refractivity (Wildman–Crippen MR) is 137 cm³/mol. The molecule has 1 aliphatic rings. The van der Waals surface area contributed by atoms with E-state index in [1.54, 1.807) is 60.7 Å². The molecule has 0 aromatic heterocycles. The van der Waals surface area contributed by atoms with Gasteiger partial charge >= 0.3 is 0 Å². The number of rotatable bonds is 6. The summed E-state index contributed by atoms with van der Waals surface area (Å²) in [5.74, 6) is 4.81. The van der Waals surface area contributed by atoms with E-state index in [0.717, 1.165) is 5.56 Å². The highest BCUT2D eigenvalue weighted by atomic mass is 16.6. The summed E-state index contributed by atoms with van der Waals surface area (Å²) < 4.78 is 0. The van der Waals surface area contributed by atoms with E-state index in [9.17, 15) is 19.7 Å². The first-order valence-corrected chi connectivity index (χ1v) is 11.5. The highest BCUT2D eigenvalue weighted by Crippen LogP contribution is 2.67. The van der Waals surface area contributed by atoms with E-state index in [2.05, 4.69) is 11.8 Å². The van der Waals surface area contributed by atoms with Gasteiger partial charge in [-0.1, -0.05) is 103 Å². The van der Waals surface area contributed by atoms with Crippen LogP contribution >= 0.6 is 0 Å². The Morgan fingerprint density at radius 3 is 1.81 bits per heavy atom. The highest BCUT2D eigenvalue weighted by molar-refractivity contribution is 6.14. The van der Waals surface area contributed by atoms with Crippen LogP contribution in [0.4, 0.5) is 5.69 Å². The van der Waals surface area contributed by atoms with Crippen LogP contribution in [-0.4, -0.2) is 16.5 Å². The van der Waals surface area contributed by atoms with Gasteiger partial charge in [0.05, 0.1) is 10.8 Å². The lowest BCUT2D eigenvalue weighted by Gasteiger charge is -2.11. The average Bonchev–Trinajstić information content (AvgIpc) is 3.62. The molecule has 0 N–H and O–H groups in total. The average molecular weight is 472 g/mol. The standard InChI is InChI=1S/C31H21NO4/c33-29(24-12-6-2-7-13-24)28-27(23-10-4-1-5-11-23)31(28,30(34)25-14-8-3-9-15-25)21-20-22-16-18-26(19-17-22)32(35)36/h1-19,27-28H/t27-,28+,31+/m1/s1. The molecule has 4 aromatic rings. The van der Waals surface area contributed by atoms with Gasteiger partial charge in [-0.15, -0.1) is 0 Å².